The quantitative estimate of drug-likeness (QED) is 0.522. The monoisotopic (exact) mass is 445 g/mol. The Morgan fingerprint density at radius 3 is 2.73 bits per heavy atom. The number of rotatable bonds is 7. The highest BCUT2D eigenvalue weighted by atomic mass is 16.2. The van der Waals surface area contributed by atoms with Gasteiger partial charge in [-0.2, -0.15) is 0 Å². The van der Waals surface area contributed by atoms with E-state index in [1.807, 2.05) is 30.3 Å². The lowest BCUT2D eigenvalue weighted by molar-refractivity contribution is -0.131. The van der Waals surface area contributed by atoms with Crippen LogP contribution >= 0.6 is 0 Å². The molecule has 2 amide bonds. The van der Waals surface area contributed by atoms with Crippen molar-refractivity contribution in [1.82, 2.24) is 25.5 Å². The predicted octanol–water partition coefficient (Wildman–Crippen LogP) is 2.64. The number of aryl methyl sites for hydroxylation is 1. The molecule has 0 spiro atoms. The van der Waals surface area contributed by atoms with Gasteiger partial charge in [0, 0.05) is 45.6 Å². The maximum Gasteiger partial charge on any atom is 0.227 e. The van der Waals surface area contributed by atoms with Gasteiger partial charge in [-0.25, -0.2) is 4.98 Å². The molecule has 2 aromatic carbocycles. The van der Waals surface area contributed by atoms with E-state index < -0.39 is 5.41 Å². The lowest BCUT2D eigenvalue weighted by atomic mass is 9.80. The second-order valence-electron chi connectivity index (χ2n) is 9.49. The molecule has 1 aromatic heterocycles. The Hall–Kier alpha value is -3.19. The number of likely N-dealkylation sites (tertiary alicyclic amines) is 1. The fourth-order valence-corrected chi connectivity index (χ4v) is 5.80. The molecule has 7 nitrogen and oxygen atoms in total. The number of aromatic nitrogens is 2. The van der Waals surface area contributed by atoms with Crippen molar-refractivity contribution in [3.8, 4) is 0 Å². The number of H-pyrrole nitrogens is 1. The van der Waals surface area contributed by atoms with Crippen LogP contribution in [0.4, 0.5) is 0 Å². The van der Waals surface area contributed by atoms with E-state index in [1.165, 1.54) is 5.56 Å². The summed E-state index contributed by atoms with van der Waals surface area (Å²) in [4.78, 5) is 35.9. The smallest absolute Gasteiger partial charge is 0.227 e. The number of amides is 2. The Kier molecular flexibility index (Phi) is 5.89. The van der Waals surface area contributed by atoms with Gasteiger partial charge in [0.2, 0.25) is 11.8 Å². The molecule has 1 aliphatic carbocycles. The maximum atomic E-state index is 13.0. The van der Waals surface area contributed by atoms with E-state index in [9.17, 15) is 9.59 Å². The highest BCUT2D eigenvalue weighted by Gasteiger charge is 2.57. The van der Waals surface area contributed by atoms with Crippen LogP contribution in [0.15, 0.2) is 54.6 Å². The normalized spacial score (nSPS) is 24.6. The first-order valence-corrected chi connectivity index (χ1v) is 11.8. The van der Waals surface area contributed by atoms with Gasteiger partial charge in [-0.1, -0.05) is 42.5 Å². The number of aromatic amines is 1. The molecule has 5 rings (SSSR count). The van der Waals surface area contributed by atoms with Crippen molar-refractivity contribution in [3.63, 3.8) is 0 Å². The van der Waals surface area contributed by atoms with Gasteiger partial charge < -0.3 is 15.6 Å². The van der Waals surface area contributed by atoms with Crippen LogP contribution in [0.3, 0.4) is 0 Å². The predicted molar refractivity (Wildman–Crippen MR) is 127 cm³/mol. The van der Waals surface area contributed by atoms with E-state index in [4.69, 9.17) is 0 Å². The number of carbonyl (C=O) groups is 2. The number of nitrogens with zero attached hydrogens (tertiary/aromatic N) is 2. The fraction of sp³-hybridized carbons (Fsp3) is 0.423. The van der Waals surface area contributed by atoms with E-state index in [0.29, 0.717) is 19.3 Å². The van der Waals surface area contributed by atoms with Crippen LogP contribution in [0.5, 0.6) is 0 Å². The van der Waals surface area contributed by atoms with Crippen molar-refractivity contribution >= 4 is 22.8 Å². The number of fused-ring (bicyclic) bond motifs is 2. The van der Waals surface area contributed by atoms with Gasteiger partial charge in [-0.15, -0.1) is 0 Å². The lowest BCUT2D eigenvalue weighted by Gasteiger charge is -2.27. The third kappa shape index (κ3) is 4.37. The number of hydrogen-bond acceptors (Lipinski definition) is 4. The average molecular weight is 446 g/mol. The molecule has 0 radical (unpaired) electrons. The van der Waals surface area contributed by atoms with Crippen molar-refractivity contribution < 1.29 is 9.59 Å². The first-order chi connectivity index (χ1) is 16.1. The maximum absolute atomic E-state index is 13.0. The minimum atomic E-state index is -0.430. The van der Waals surface area contributed by atoms with Crippen molar-refractivity contribution in [2.75, 3.05) is 20.1 Å². The summed E-state index contributed by atoms with van der Waals surface area (Å²) >= 11 is 0. The Balaban J connectivity index is 1.19. The van der Waals surface area contributed by atoms with Crippen molar-refractivity contribution in [2.24, 2.45) is 11.3 Å². The third-order valence-electron chi connectivity index (χ3n) is 7.27. The van der Waals surface area contributed by atoms with Crippen LogP contribution in [0.1, 0.15) is 30.7 Å². The summed E-state index contributed by atoms with van der Waals surface area (Å²) in [6, 6.07) is 18.3. The number of hydrogen-bond donors (Lipinski definition) is 3. The second kappa shape index (κ2) is 8.98. The summed E-state index contributed by atoms with van der Waals surface area (Å²) in [7, 11) is 1.72. The van der Waals surface area contributed by atoms with E-state index in [2.05, 4.69) is 49.8 Å². The number of nitrogens with one attached hydrogen (secondary N) is 3. The molecular weight excluding hydrogens is 414 g/mol. The largest absolute Gasteiger partial charge is 0.359 e. The number of benzene rings is 2. The van der Waals surface area contributed by atoms with Gasteiger partial charge in [0.15, 0.2) is 0 Å². The topological polar surface area (TPSA) is 90.1 Å². The molecule has 0 bridgehead atoms. The highest BCUT2D eigenvalue weighted by Crippen LogP contribution is 2.49. The minimum Gasteiger partial charge on any atom is -0.359 e. The third-order valence-corrected chi connectivity index (χ3v) is 7.27. The van der Waals surface area contributed by atoms with E-state index in [0.717, 1.165) is 42.9 Å². The van der Waals surface area contributed by atoms with E-state index in [1.54, 1.807) is 7.05 Å². The standard InChI is InChI=1S/C26H31N5O2/c1-27-25(33)26-14-20(13-19(26)16-31(17-26)15-18-7-3-2-4-8-18)28-24(32)12-11-23-29-21-9-5-6-10-22(21)30-23/h2-10,19-20H,11-17H2,1H3,(H,27,33)(H,28,32)(H,29,30)/t19-,20-,26-/m0/s1. The van der Waals surface area contributed by atoms with Gasteiger partial charge in [-0.3, -0.25) is 14.5 Å². The molecule has 3 atom stereocenters. The molecule has 33 heavy (non-hydrogen) atoms. The molecule has 1 aliphatic heterocycles. The minimum absolute atomic E-state index is 0.0219. The van der Waals surface area contributed by atoms with E-state index in [-0.39, 0.29) is 23.8 Å². The van der Waals surface area contributed by atoms with Gasteiger partial charge in [0.25, 0.3) is 0 Å². The second-order valence-corrected chi connectivity index (χ2v) is 9.49. The highest BCUT2D eigenvalue weighted by molar-refractivity contribution is 5.84. The van der Waals surface area contributed by atoms with Gasteiger partial charge in [0.05, 0.1) is 16.4 Å². The zero-order chi connectivity index (χ0) is 22.8. The van der Waals surface area contributed by atoms with E-state index >= 15 is 0 Å². The Bertz CT molecular complexity index is 1110. The first kappa shape index (κ1) is 21.6. The SMILES string of the molecule is CNC(=O)[C@]12C[C@@H](NC(=O)CCc3nc4ccccc4[nH]3)C[C@H]1CN(Cc1ccccc1)C2. The van der Waals surface area contributed by atoms with Crippen LogP contribution < -0.4 is 10.6 Å². The molecule has 0 unspecified atom stereocenters. The molecule has 3 N–H and O–H groups in total. The molecule has 1 saturated carbocycles. The molecule has 1 saturated heterocycles. The average Bonchev–Trinajstić information content (AvgIpc) is 3.48. The fourth-order valence-electron chi connectivity index (χ4n) is 5.80. The van der Waals surface area contributed by atoms with Crippen LogP contribution in [0.25, 0.3) is 11.0 Å². The molecule has 172 valence electrons. The first-order valence-electron chi connectivity index (χ1n) is 11.8. The molecule has 7 heteroatoms. The van der Waals surface area contributed by atoms with Crippen molar-refractivity contribution in [3.05, 3.63) is 66.0 Å². The van der Waals surface area contributed by atoms with Crippen LogP contribution in [0.2, 0.25) is 0 Å². The van der Waals surface area contributed by atoms with Crippen LogP contribution in [0, 0.1) is 11.3 Å². The van der Waals surface area contributed by atoms with Gasteiger partial charge in [-0.05, 0) is 36.5 Å². The Morgan fingerprint density at radius 2 is 1.94 bits per heavy atom. The molecule has 3 aromatic rings. The Labute approximate surface area is 194 Å². The summed E-state index contributed by atoms with van der Waals surface area (Å²) in [5.41, 5.74) is 2.74. The summed E-state index contributed by atoms with van der Waals surface area (Å²) in [5, 5.41) is 6.10. The molecule has 2 aliphatic rings. The summed E-state index contributed by atoms with van der Waals surface area (Å²) in [6.07, 6.45) is 2.49. The van der Waals surface area contributed by atoms with Crippen molar-refractivity contribution in [1.29, 1.82) is 0 Å². The van der Waals surface area contributed by atoms with Gasteiger partial charge in [0.1, 0.15) is 5.82 Å². The lowest BCUT2D eigenvalue weighted by Crippen LogP contribution is -2.44. The zero-order valence-electron chi connectivity index (χ0n) is 19.0. The summed E-state index contributed by atoms with van der Waals surface area (Å²) in [6.45, 7) is 2.47. The molecule has 2 heterocycles. The van der Waals surface area contributed by atoms with Crippen LogP contribution in [-0.4, -0.2) is 52.9 Å². The number of para-hydroxylation sites is 2. The molecule has 2 fully saturated rings. The van der Waals surface area contributed by atoms with Gasteiger partial charge >= 0.3 is 0 Å². The van der Waals surface area contributed by atoms with Crippen molar-refractivity contribution in [2.45, 2.75) is 38.3 Å². The number of imidazole rings is 1. The van der Waals surface area contributed by atoms with Crippen LogP contribution in [-0.2, 0) is 22.6 Å². The molecular formula is C26H31N5O2. The summed E-state index contributed by atoms with van der Waals surface area (Å²) in [5.74, 6) is 1.20. The summed E-state index contributed by atoms with van der Waals surface area (Å²) < 4.78 is 0. The zero-order valence-corrected chi connectivity index (χ0v) is 19.0. The number of carbonyl (C=O) groups excluding carboxylic acids is 2. The Morgan fingerprint density at radius 1 is 1.15 bits per heavy atom.